The second-order valence-electron chi connectivity index (χ2n) is 35.7. The number of carboxylic acid groups (broad SMARTS) is 1. The van der Waals surface area contributed by atoms with Crippen LogP contribution in [0.1, 0.15) is 202 Å². The van der Waals surface area contributed by atoms with Crippen LogP contribution in [0.15, 0.2) is 281 Å². The zero-order valence-corrected chi connectivity index (χ0v) is 89.1. The molecule has 12 heterocycles. The van der Waals surface area contributed by atoms with Crippen molar-refractivity contribution in [3.05, 3.63) is 374 Å². The number of nitrogens with zero attached hydrogens (tertiary/aromatic N) is 13. The number of aryl methyl sites for hydroxylation is 1. The van der Waals surface area contributed by atoms with Crippen LogP contribution in [-0.4, -0.2) is 100 Å². The number of alkyl halides is 3. The molecule has 3 unspecified atom stereocenters. The first-order valence-electron chi connectivity index (χ1n) is 45.9. The average molecular weight is 2640 g/mol. The van der Waals surface area contributed by atoms with Crippen LogP contribution >= 0.6 is 0 Å². The van der Waals surface area contributed by atoms with Crippen molar-refractivity contribution in [1.82, 2.24) is 85.9 Å². The molecule has 20 rings (SSSR count). The van der Waals surface area contributed by atoms with Crippen molar-refractivity contribution < 1.29 is 130 Å². The van der Waals surface area contributed by atoms with Crippen LogP contribution in [0.2, 0.25) is 0 Å². The Morgan fingerprint density at radius 3 is 1.54 bits per heavy atom. The van der Waals surface area contributed by atoms with Crippen LogP contribution < -0.4 is 5.10 Å². The Bertz CT molecular complexity index is 6000. The molecule has 0 bridgehead atoms. The molecule has 5 N–H and O–H groups in total. The van der Waals surface area contributed by atoms with Crippen molar-refractivity contribution in [1.29, 1.82) is 0 Å². The van der Waals surface area contributed by atoms with Gasteiger partial charge < -0.3 is 35.2 Å². The molecule has 3 atom stereocenters. The number of halogens is 9. The number of rotatable bonds is 17. The first-order valence-corrected chi connectivity index (χ1v) is 45.9. The summed E-state index contributed by atoms with van der Waals surface area (Å²) in [5.74, 6) is -3.98. The Balaban J connectivity index is 0.000000252. The number of hydrogen-bond donors (Lipinski definition) is 5. The summed E-state index contributed by atoms with van der Waals surface area (Å²) in [6.45, 7) is 14.1. The van der Waals surface area contributed by atoms with E-state index < -0.39 is 53.0 Å². The SMILES string of the molecule is CC(c1ccnc(-c2[c-]cc(F)cc2F)c1)C1(C)CCCC1.CC1(CCCc2ccc(-c3[c-]cc(F)cc3F)nc2)CCCCC1.CC1(Cc2ccnc(-c3[c-]cc(F)nc3F)c2)CCCC1.CC1CCC(C)(Cc2cccc(-c3[c-]ccc(-c4ccccc4)c3)n2)C1.FC(F)(F)c1cc(-c2ccccn2)[n-]n1.O=C(O)c1ccccn1.[B].[Ir].[Ir].[Ir].[Ir].c1cn[nH]c1.c1cn[nH]c1.c1cn[nH]c1.c1cn[nH]c1. The predicted molar refractivity (Wildman–Crippen MR) is 518 cm³/mol. The summed E-state index contributed by atoms with van der Waals surface area (Å²) in [6.07, 6.45) is 43.7. The Morgan fingerprint density at radius 2 is 1.04 bits per heavy atom. The van der Waals surface area contributed by atoms with Crippen molar-refractivity contribution in [2.75, 3.05) is 0 Å². The molecule has 7 radical (unpaired) electrons. The predicted octanol–water partition coefficient (Wildman–Crippen LogP) is 26.7. The third kappa shape index (κ3) is 39.3. The van der Waals surface area contributed by atoms with Gasteiger partial charge in [-0.15, -0.1) is 65.7 Å². The number of benzene rings is 4. The summed E-state index contributed by atoms with van der Waals surface area (Å²) in [5.41, 5.74) is 12.3. The number of nitrogens with one attached hydrogen (secondary N) is 4. The molecule has 0 amide bonds. The van der Waals surface area contributed by atoms with Gasteiger partial charge in [0.1, 0.15) is 23.3 Å². The number of hydrogen-bond acceptors (Lipinski definition) is 13. The molecule has 12 aromatic heterocycles. The minimum atomic E-state index is -4.46. The second-order valence-corrected chi connectivity index (χ2v) is 35.7. The Hall–Kier alpha value is -11.5. The van der Waals surface area contributed by atoms with E-state index in [-0.39, 0.29) is 117 Å². The molecule has 0 aliphatic heterocycles. The molecule has 4 aliphatic carbocycles. The van der Waals surface area contributed by atoms with E-state index in [9.17, 15) is 44.3 Å². The fraction of sp³-hybridized carbons (Fsp3) is 0.312. The Kier molecular flexibility index (Phi) is 51.0. The van der Waals surface area contributed by atoms with E-state index in [2.05, 4.69) is 207 Å². The molecular weight excluding hydrogens is 2530 g/mol. The van der Waals surface area contributed by atoms with Gasteiger partial charge in [-0.2, -0.15) is 33.6 Å². The maximum Gasteiger partial charge on any atom is 0.431 e. The van der Waals surface area contributed by atoms with Gasteiger partial charge in [0.05, 0.1) is 0 Å². The average Bonchev–Trinajstić information content (AvgIpc) is 1.66. The van der Waals surface area contributed by atoms with Crippen molar-refractivity contribution >= 4 is 14.4 Å². The van der Waals surface area contributed by atoms with Gasteiger partial charge in [0.25, 0.3) is 0 Å². The van der Waals surface area contributed by atoms with Crippen LogP contribution in [0.5, 0.6) is 0 Å². The van der Waals surface area contributed by atoms with E-state index in [0.717, 1.165) is 90.4 Å². The van der Waals surface area contributed by atoms with Gasteiger partial charge in [-0.05, 0) is 224 Å². The fourth-order valence-electron chi connectivity index (χ4n) is 17.2. The van der Waals surface area contributed by atoms with E-state index in [1.54, 1.807) is 105 Å². The van der Waals surface area contributed by atoms with Crippen LogP contribution in [-0.2, 0) is 106 Å². The molecule has 753 valence electrons. The standard InChI is InChI=1S/C25H26N.C21H24F2N.C19H20F2N.C17H17F2N2.C9H5F3N3.C6H5NO2.4C3H4N2.B.4Ir/c1-19-14-15-25(2,17-19)18-23-12-7-13-24(26-23)22-11-6-10-21(16-22)20-8-4-3-5-9-20;1-21(11-3-2-4-12-21)13-5-6-16-7-10-20(24-15-16)18-9-8-17(22)14-19(18)23;1-13(19(2)8-3-4-9-19)14-7-10-22-18(11-14)16-6-5-15(20)12-17(16)21;1-17(7-2-3-8-17)11-12-6-9-20-14(10-12)13-4-5-15(18)21-16(13)19;10-9(11,12)8-5-7(14-15-8)6-3-1-2-4-13-6;8-6(9)5-3-1-2-4-7-5;4*1-2-4-5-3-1;;;;;/h3-10,12-13,16,19H,14-15,17-18H2,1-2H3;7-8,10,14-15H,2-6,11-13H2,1H3;5,7,10-13H,3-4,8-9H2,1-2H3;5-6,9-10H,2-3,7-8,11H2,1H3;1-5H;1-4H,(H,8,9);4*1-3H,(H,4,5);;;;;/q5*-1;;;;;;;;;;. The summed E-state index contributed by atoms with van der Waals surface area (Å²) >= 11 is 0. The maximum absolute atomic E-state index is 13.9. The number of aromatic amines is 4. The van der Waals surface area contributed by atoms with Gasteiger partial charge >= 0.3 is 12.1 Å². The normalized spacial score (nSPS) is 15.3. The minimum Gasteiger partial charge on any atom is -0.573 e. The Morgan fingerprint density at radius 1 is 0.486 bits per heavy atom. The summed E-state index contributed by atoms with van der Waals surface area (Å²) in [6, 6.07) is 68.9. The van der Waals surface area contributed by atoms with E-state index in [1.165, 1.54) is 150 Å². The summed E-state index contributed by atoms with van der Waals surface area (Å²) in [7, 11) is 0. The largest absolute Gasteiger partial charge is 0.573 e. The van der Waals surface area contributed by atoms with Crippen molar-refractivity contribution in [2.24, 2.45) is 27.6 Å². The molecule has 4 aliphatic rings. The first kappa shape index (κ1) is 119. The number of H-pyrrole nitrogens is 4. The van der Waals surface area contributed by atoms with Crippen LogP contribution in [0.4, 0.5) is 39.5 Å². The quantitative estimate of drug-likeness (QED) is 0.0245. The Labute approximate surface area is 880 Å². The molecule has 4 saturated carbocycles. The van der Waals surface area contributed by atoms with Crippen molar-refractivity contribution in [2.45, 2.75) is 188 Å². The van der Waals surface area contributed by atoms with Crippen molar-refractivity contribution in [3.63, 3.8) is 0 Å². The molecule has 19 nitrogen and oxygen atoms in total. The fourth-order valence-corrected chi connectivity index (χ4v) is 17.2. The van der Waals surface area contributed by atoms with E-state index in [1.807, 2.05) is 60.7 Å². The van der Waals surface area contributed by atoms with Crippen LogP contribution in [0.3, 0.4) is 0 Å². The van der Waals surface area contributed by atoms with E-state index in [4.69, 9.17) is 10.1 Å². The number of carbonyl (C=O) groups is 1. The van der Waals surface area contributed by atoms with Gasteiger partial charge in [0.2, 0.25) is 0 Å². The molecule has 142 heavy (non-hydrogen) atoms. The topological polar surface area (TPSA) is 269 Å². The molecular formula is C109H113BF9Ir4N17O2-5. The van der Waals surface area contributed by atoms with Crippen LogP contribution in [0, 0.1) is 87.0 Å². The number of carboxylic acids is 1. The molecule has 0 saturated heterocycles. The number of aromatic nitrogens is 17. The third-order valence-corrected chi connectivity index (χ3v) is 24.6. The van der Waals surface area contributed by atoms with Gasteiger partial charge in [-0.1, -0.05) is 223 Å². The first-order chi connectivity index (χ1) is 66.1. The van der Waals surface area contributed by atoms with Gasteiger partial charge in [-0.25, -0.2) is 18.6 Å². The van der Waals surface area contributed by atoms with Crippen molar-refractivity contribution in [3.8, 4) is 67.5 Å². The summed E-state index contributed by atoms with van der Waals surface area (Å²) in [5, 5.41) is 39.6. The van der Waals surface area contributed by atoms with E-state index in [0.29, 0.717) is 50.4 Å². The molecule has 4 fully saturated rings. The van der Waals surface area contributed by atoms with E-state index >= 15 is 0 Å². The monoisotopic (exact) mass is 2650 g/mol. The minimum absolute atomic E-state index is 0. The van der Waals surface area contributed by atoms with Gasteiger partial charge in [0, 0.05) is 204 Å². The molecule has 4 aromatic carbocycles. The van der Waals surface area contributed by atoms with Gasteiger partial charge in [-0.3, -0.25) is 47.9 Å². The maximum atomic E-state index is 13.9. The summed E-state index contributed by atoms with van der Waals surface area (Å²) in [4.78, 5) is 38.5. The zero-order valence-electron chi connectivity index (χ0n) is 79.5. The molecule has 33 heteroatoms. The summed E-state index contributed by atoms with van der Waals surface area (Å²) < 4.78 is 117. The smallest absolute Gasteiger partial charge is 0.431 e. The number of pyridine rings is 7. The third-order valence-electron chi connectivity index (χ3n) is 24.6. The second kappa shape index (κ2) is 60.8. The van der Waals surface area contributed by atoms with Gasteiger partial charge in [0.15, 0.2) is 0 Å². The molecule has 16 aromatic rings. The molecule has 0 spiro atoms. The number of aromatic carboxylic acids is 1. The zero-order chi connectivity index (χ0) is 97.3. The van der Waals surface area contributed by atoms with Crippen LogP contribution in [0.25, 0.3) is 67.5 Å².